The van der Waals surface area contributed by atoms with Gasteiger partial charge in [0.2, 0.25) is 0 Å². The summed E-state index contributed by atoms with van der Waals surface area (Å²) >= 11 is 5.50. The Morgan fingerprint density at radius 1 is 1.60 bits per heavy atom. The molecule has 0 aliphatic heterocycles. The number of hydrogen-bond donors (Lipinski definition) is 0. The highest BCUT2D eigenvalue weighted by Crippen LogP contribution is 2.05. The lowest BCUT2D eigenvalue weighted by Gasteiger charge is -1.92. The van der Waals surface area contributed by atoms with Gasteiger partial charge in [0.05, 0.1) is 10.8 Å². The van der Waals surface area contributed by atoms with Crippen molar-refractivity contribution in [2.75, 3.05) is 6.26 Å². The van der Waals surface area contributed by atoms with Gasteiger partial charge in [0.15, 0.2) is 0 Å². The van der Waals surface area contributed by atoms with Crippen molar-refractivity contribution >= 4 is 22.4 Å². The minimum absolute atomic E-state index is 0.320. The third kappa shape index (κ3) is 1.75. The summed E-state index contributed by atoms with van der Waals surface area (Å²) in [5.74, 6) is 0. The molecule has 0 spiro atoms. The van der Waals surface area contributed by atoms with Crippen molar-refractivity contribution in [1.29, 1.82) is 0 Å². The van der Waals surface area contributed by atoms with Gasteiger partial charge < -0.3 is 0 Å². The second-order valence-corrected chi connectivity index (χ2v) is 3.35. The molecule has 10 heavy (non-hydrogen) atoms. The van der Waals surface area contributed by atoms with E-state index in [0.29, 0.717) is 10.2 Å². The first-order valence-corrected chi connectivity index (χ1v) is 4.45. The Morgan fingerprint density at radius 3 is 2.70 bits per heavy atom. The molecular formula is C5H5ClN2OS. The van der Waals surface area contributed by atoms with Crippen molar-refractivity contribution in [3.63, 3.8) is 0 Å². The molecule has 1 heterocycles. The molecule has 0 unspecified atom stereocenters. The number of aromatic nitrogens is 2. The minimum Gasteiger partial charge on any atom is -0.253 e. The molecule has 0 N–H and O–H groups in total. The molecular weight excluding hydrogens is 172 g/mol. The number of rotatable bonds is 1. The Kier molecular flexibility index (Phi) is 2.34. The molecule has 0 aliphatic carbocycles. The van der Waals surface area contributed by atoms with E-state index < -0.39 is 10.8 Å². The highest BCUT2D eigenvalue weighted by molar-refractivity contribution is 7.84. The van der Waals surface area contributed by atoms with Gasteiger partial charge in [-0.1, -0.05) is 11.6 Å². The van der Waals surface area contributed by atoms with Crippen LogP contribution >= 0.6 is 11.6 Å². The van der Waals surface area contributed by atoms with E-state index in [2.05, 4.69) is 9.97 Å². The molecule has 0 aliphatic rings. The van der Waals surface area contributed by atoms with Crippen LogP contribution in [0.1, 0.15) is 0 Å². The first-order valence-electron chi connectivity index (χ1n) is 2.51. The Hall–Kier alpha value is -0.480. The van der Waals surface area contributed by atoms with E-state index in [9.17, 15) is 4.21 Å². The Morgan fingerprint density at radius 2 is 2.30 bits per heavy atom. The molecule has 0 bridgehead atoms. The van der Waals surface area contributed by atoms with Crippen LogP contribution in [0.3, 0.4) is 0 Å². The van der Waals surface area contributed by atoms with Crippen molar-refractivity contribution in [3.8, 4) is 0 Å². The molecule has 1 atom stereocenters. The van der Waals surface area contributed by atoms with Gasteiger partial charge in [-0.2, -0.15) is 0 Å². The Labute approximate surface area is 65.9 Å². The fourth-order valence-electron chi connectivity index (χ4n) is 0.475. The molecule has 0 radical (unpaired) electrons. The molecule has 0 amide bonds. The van der Waals surface area contributed by atoms with E-state index in [1.54, 1.807) is 6.26 Å². The van der Waals surface area contributed by atoms with E-state index >= 15 is 0 Å². The Bertz CT molecular complexity index is 266. The fourth-order valence-corrected chi connectivity index (χ4v) is 1.16. The van der Waals surface area contributed by atoms with E-state index in [0.717, 1.165) is 0 Å². The van der Waals surface area contributed by atoms with E-state index in [-0.39, 0.29) is 0 Å². The molecule has 0 saturated heterocycles. The zero-order chi connectivity index (χ0) is 7.56. The van der Waals surface area contributed by atoms with Gasteiger partial charge in [0.25, 0.3) is 0 Å². The molecule has 1 aromatic rings. The zero-order valence-corrected chi connectivity index (χ0v) is 6.82. The summed E-state index contributed by atoms with van der Waals surface area (Å²) in [6.07, 6.45) is 2.83. The average molecular weight is 177 g/mol. The van der Waals surface area contributed by atoms with Gasteiger partial charge in [0.1, 0.15) is 16.5 Å². The number of hydrogen-bond acceptors (Lipinski definition) is 3. The van der Waals surface area contributed by atoms with Crippen LogP contribution in [0.2, 0.25) is 5.15 Å². The lowest BCUT2D eigenvalue weighted by atomic mass is 10.7. The number of nitrogens with zero attached hydrogens (tertiary/aromatic N) is 2. The maximum atomic E-state index is 10.8. The minimum atomic E-state index is -1.07. The van der Waals surface area contributed by atoms with Gasteiger partial charge in [-0.25, -0.2) is 9.97 Å². The smallest absolute Gasteiger partial charge is 0.133 e. The fraction of sp³-hybridized carbons (Fsp3) is 0.200. The first kappa shape index (κ1) is 7.63. The van der Waals surface area contributed by atoms with Crippen molar-refractivity contribution < 1.29 is 4.21 Å². The molecule has 5 heteroatoms. The summed E-state index contributed by atoms with van der Waals surface area (Å²) in [5.41, 5.74) is 0. The van der Waals surface area contributed by atoms with Gasteiger partial charge in [-0.15, -0.1) is 0 Å². The predicted molar refractivity (Wildman–Crippen MR) is 39.4 cm³/mol. The number of halogens is 1. The summed E-state index contributed by atoms with van der Waals surface area (Å²) in [5, 5.41) is 0.778. The van der Waals surface area contributed by atoms with Gasteiger partial charge in [-0.3, -0.25) is 4.21 Å². The molecule has 54 valence electrons. The third-order valence-electron chi connectivity index (χ3n) is 0.903. The summed E-state index contributed by atoms with van der Waals surface area (Å²) in [6.45, 7) is 0. The summed E-state index contributed by atoms with van der Waals surface area (Å²) in [7, 11) is -1.07. The Balaban J connectivity index is 3.07. The van der Waals surface area contributed by atoms with E-state index in [4.69, 9.17) is 11.6 Å². The van der Waals surface area contributed by atoms with Crippen LogP contribution in [0.4, 0.5) is 0 Å². The quantitative estimate of drug-likeness (QED) is 0.597. The van der Waals surface area contributed by atoms with E-state index in [1.165, 1.54) is 12.4 Å². The van der Waals surface area contributed by atoms with Crippen LogP contribution in [0.25, 0.3) is 0 Å². The molecule has 0 saturated carbocycles. The lowest BCUT2D eigenvalue weighted by Crippen LogP contribution is -1.92. The van der Waals surface area contributed by atoms with Crippen LogP contribution < -0.4 is 0 Å². The van der Waals surface area contributed by atoms with Gasteiger partial charge in [0, 0.05) is 12.3 Å². The van der Waals surface area contributed by atoms with Crippen molar-refractivity contribution in [2.24, 2.45) is 0 Å². The predicted octanol–water partition coefficient (Wildman–Crippen LogP) is 0.867. The average Bonchev–Trinajstić information content (AvgIpc) is 1.88. The van der Waals surface area contributed by atoms with E-state index in [1.807, 2.05) is 0 Å². The first-order chi connectivity index (χ1) is 4.70. The van der Waals surface area contributed by atoms with Crippen LogP contribution in [0.5, 0.6) is 0 Å². The van der Waals surface area contributed by atoms with Crippen molar-refractivity contribution in [1.82, 2.24) is 9.97 Å². The molecule has 1 aromatic heterocycles. The zero-order valence-electron chi connectivity index (χ0n) is 5.24. The van der Waals surface area contributed by atoms with Crippen LogP contribution in [0.15, 0.2) is 17.4 Å². The van der Waals surface area contributed by atoms with Crippen LogP contribution in [-0.2, 0) is 10.8 Å². The molecule has 1 rings (SSSR count). The van der Waals surface area contributed by atoms with Crippen LogP contribution in [-0.4, -0.2) is 20.4 Å². The van der Waals surface area contributed by atoms with Crippen molar-refractivity contribution in [3.05, 3.63) is 17.5 Å². The molecule has 0 aromatic carbocycles. The summed E-state index contributed by atoms with van der Waals surface area (Å²) in [4.78, 5) is 7.39. The topological polar surface area (TPSA) is 42.9 Å². The molecule has 0 fully saturated rings. The second-order valence-electron chi connectivity index (χ2n) is 1.63. The van der Waals surface area contributed by atoms with Crippen molar-refractivity contribution in [2.45, 2.75) is 5.03 Å². The normalized spacial score (nSPS) is 13.0. The maximum Gasteiger partial charge on any atom is 0.133 e. The standard InChI is InChI=1S/C5H5ClN2OS/c1-10(9)5-2-4(6)7-3-8-5/h2-3H,1H3/t10-/m0/s1. The van der Waals surface area contributed by atoms with Gasteiger partial charge >= 0.3 is 0 Å². The summed E-state index contributed by atoms with van der Waals surface area (Å²) in [6, 6.07) is 1.48. The largest absolute Gasteiger partial charge is 0.253 e. The van der Waals surface area contributed by atoms with Crippen LogP contribution in [0, 0.1) is 0 Å². The SMILES string of the molecule is C[S@](=O)c1cc(Cl)ncn1. The maximum absolute atomic E-state index is 10.8. The highest BCUT2D eigenvalue weighted by atomic mass is 35.5. The second kappa shape index (κ2) is 3.07. The lowest BCUT2D eigenvalue weighted by molar-refractivity contribution is 0.683. The van der Waals surface area contributed by atoms with Gasteiger partial charge in [-0.05, 0) is 0 Å². The third-order valence-corrected chi connectivity index (χ3v) is 1.92. The highest BCUT2D eigenvalue weighted by Gasteiger charge is 1.98. The monoisotopic (exact) mass is 176 g/mol. The summed E-state index contributed by atoms with van der Waals surface area (Å²) < 4.78 is 10.8. The molecule has 3 nitrogen and oxygen atoms in total.